The number of benzene rings is 2. The van der Waals surface area contributed by atoms with E-state index < -0.39 is 11.8 Å². The van der Waals surface area contributed by atoms with Crippen LogP contribution in [0.1, 0.15) is 35.5 Å². The van der Waals surface area contributed by atoms with Crippen LogP contribution in [0.4, 0.5) is 15.2 Å². The number of amides is 1. The average molecular weight is 398 g/mol. The van der Waals surface area contributed by atoms with Crippen molar-refractivity contribution < 1.29 is 18.7 Å². The topological polar surface area (TPSA) is 59.5 Å². The number of ether oxygens (including phenoxy) is 1. The summed E-state index contributed by atoms with van der Waals surface area (Å²) in [7, 11) is 0. The SMILES string of the molecule is CCc1ccccc1N(C(C)=O)c1nc(COC(=O)c2cccc(F)c2)cs1. The second-order valence-corrected chi connectivity index (χ2v) is 6.88. The lowest BCUT2D eigenvalue weighted by Gasteiger charge is -2.20. The number of aryl methyl sites for hydroxylation is 1. The normalized spacial score (nSPS) is 10.5. The molecule has 0 saturated heterocycles. The molecule has 0 atom stereocenters. The molecule has 0 bridgehead atoms. The van der Waals surface area contributed by atoms with E-state index in [2.05, 4.69) is 4.98 Å². The third-order valence-electron chi connectivity index (χ3n) is 4.07. The van der Waals surface area contributed by atoms with Crippen LogP contribution in [0.15, 0.2) is 53.9 Å². The zero-order valence-electron chi connectivity index (χ0n) is 15.5. The fourth-order valence-electron chi connectivity index (χ4n) is 2.74. The van der Waals surface area contributed by atoms with E-state index in [4.69, 9.17) is 4.74 Å². The highest BCUT2D eigenvalue weighted by molar-refractivity contribution is 7.14. The molecule has 0 N–H and O–H groups in total. The lowest BCUT2D eigenvalue weighted by molar-refractivity contribution is -0.115. The predicted molar refractivity (Wildman–Crippen MR) is 106 cm³/mol. The quantitative estimate of drug-likeness (QED) is 0.555. The number of hydrogen-bond acceptors (Lipinski definition) is 5. The van der Waals surface area contributed by atoms with E-state index in [1.54, 1.807) is 10.3 Å². The zero-order chi connectivity index (χ0) is 20.1. The van der Waals surface area contributed by atoms with Crippen LogP contribution < -0.4 is 4.90 Å². The molecule has 0 aliphatic rings. The number of carbonyl (C=O) groups is 2. The van der Waals surface area contributed by atoms with Crippen molar-refractivity contribution in [2.75, 3.05) is 4.90 Å². The molecule has 144 valence electrons. The van der Waals surface area contributed by atoms with Crippen LogP contribution in [0.5, 0.6) is 0 Å². The first-order valence-corrected chi connectivity index (χ1v) is 9.63. The Morgan fingerprint density at radius 2 is 1.96 bits per heavy atom. The first-order chi connectivity index (χ1) is 13.5. The van der Waals surface area contributed by atoms with Gasteiger partial charge >= 0.3 is 5.97 Å². The van der Waals surface area contributed by atoms with Crippen LogP contribution in [0.2, 0.25) is 0 Å². The van der Waals surface area contributed by atoms with E-state index in [0.29, 0.717) is 10.8 Å². The summed E-state index contributed by atoms with van der Waals surface area (Å²) in [5.74, 6) is -1.29. The third-order valence-corrected chi connectivity index (χ3v) is 4.95. The van der Waals surface area contributed by atoms with Gasteiger partial charge in [0.2, 0.25) is 5.91 Å². The van der Waals surface area contributed by atoms with Gasteiger partial charge in [0.25, 0.3) is 0 Å². The average Bonchev–Trinajstić information content (AvgIpc) is 3.14. The van der Waals surface area contributed by atoms with Crippen molar-refractivity contribution in [2.24, 2.45) is 0 Å². The summed E-state index contributed by atoms with van der Waals surface area (Å²) in [6.07, 6.45) is 0.781. The van der Waals surface area contributed by atoms with E-state index in [-0.39, 0.29) is 18.1 Å². The van der Waals surface area contributed by atoms with Crippen LogP contribution in [-0.4, -0.2) is 16.9 Å². The molecule has 7 heteroatoms. The number of rotatable bonds is 6. The van der Waals surface area contributed by atoms with Crippen molar-refractivity contribution in [3.63, 3.8) is 0 Å². The fraction of sp³-hybridized carbons (Fsp3) is 0.190. The summed E-state index contributed by atoms with van der Waals surface area (Å²) in [6, 6.07) is 13.0. The molecule has 0 spiro atoms. The summed E-state index contributed by atoms with van der Waals surface area (Å²) in [6.45, 7) is 3.45. The first-order valence-electron chi connectivity index (χ1n) is 8.75. The predicted octanol–water partition coefficient (Wildman–Crippen LogP) is 4.89. The third kappa shape index (κ3) is 4.43. The second-order valence-electron chi connectivity index (χ2n) is 6.04. The van der Waals surface area contributed by atoms with Crippen LogP contribution in [0.3, 0.4) is 0 Å². The van der Waals surface area contributed by atoms with Gasteiger partial charge in [-0.25, -0.2) is 14.2 Å². The minimum Gasteiger partial charge on any atom is -0.456 e. The number of esters is 1. The van der Waals surface area contributed by atoms with E-state index in [9.17, 15) is 14.0 Å². The minimum absolute atomic E-state index is 0.0625. The number of thiazole rings is 1. The van der Waals surface area contributed by atoms with Gasteiger partial charge in [-0.1, -0.05) is 31.2 Å². The van der Waals surface area contributed by atoms with Gasteiger partial charge in [0, 0.05) is 12.3 Å². The van der Waals surface area contributed by atoms with Crippen molar-refractivity contribution >= 4 is 34.0 Å². The maximum atomic E-state index is 13.2. The number of anilines is 2. The van der Waals surface area contributed by atoms with Crippen LogP contribution in [-0.2, 0) is 22.6 Å². The molecule has 2 aromatic carbocycles. The standard InChI is InChI=1S/C21H19FN2O3S/c1-3-15-7-4-5-10-19(15)24(14(2)25)21-23-18(13-28-21)12-27-20(26)16-8-6-9-17(22)11-16/h4-11,13H,3,12H2,1-2H3. The van der Waals surface area contributed by atoms with Gasteiger partial charge in [-0.2, -0.15) is 0 Å². The molecular formula is C21H19FN2O3S. The van der Waals surface area contributed by atoms with Gasteiger partial charge in [0.1, 0.15) is 12.4 Å². The molecule has 5 nitrogen and oxygen atoms in total. The van der Waals surface area contributed by atoms with E-state index in [0.717, 1.165) is 23.7 Å². The summed E-state index contributed by atoms with van der Waals surface area (Å²) < 4.78 is 18.4. The van der Waals surface area contributed by atoms with Crippen molar-refractivity contribution in [3.8, 4) is 0 Å². The number of carbonyl (C=O) groups excluding carboxylic acids is 2. The maximum Gasteiger partial charge on any atom is 0.338 e. The van der Waals surface area contributed by atoms with E-state index in [1.807, 2.05) is 31.2 Å². The molecule has 1 heterocycles. The van der Waals surface area contributed by atoms with Crippen molar-refractivity contribution in [1.29, 1.82) is 0 Å². The molecule has 0 fully saturated rings. The Hall–Kier alpha value is -3.06. The first kappa shape index (κ1) is 19.7. The highest BCUT2D eigenvalue weighted by Gasteiger charge is 2.20. The number of nitrogens with zero attached hydrogens (tertiary/aromatic N) is 2. The van der Waals surface area contributed by atoms with Gasteiger partial charge in [0.05, 0.1) is 16.9 Å². The molecule has 0 aliphatic heterocycles. The second kappa shape index (κ2) is 8.75. The molecule has 0 saturated carbocycles. The van der Waals surface area contributed by atoms with Crippen molar-refractivity contribution in [1.82, 2.24) is 4.98 Å². The highest BCUT2D eigenvalue weighted by atomic mass is 32.1. The highest BCUT2D eigenvalue weighted by Crippen LogP contribution is 2.31. The Bertz CT molecular complexity index is 1000. The summed E-state index contributed by atoms with van der Waals surface area (Å²) in [5, 5.41) is 2.24. The van der Waals surface area contributed by atoms with Gasteiger partial charge in [0.15, 0.2) is 5.13 Å². The fourth-order valence-corrected chi connectivity index (χ4v) is 3.60. The molecule has 28 heavy (non-hydrogen) atoms. The number of hydrogen-bond donors (Lipinski definition) is 0. The zero-order valence-corrected chi connectivity index (χ0v) is 16.3. The molecular weight excluding hydrogens is 379 g/mol. The van der Waals surface area contributed by atoms with E-state index >= 15 is 0 Å². The van der Waals surface area contributed by atoms with Gasteiger partial charge < -0.3 is 4.74 Å². The Kier molecular flexibility index (Phi) is 6.16. The number of para-hydroxylation sites is 1. The number of halogens is 1. The minimum atomic E-state index is -0.631. The molecule has 1 amide bonds. The van der Waals surface area contributed by atoms with Gasteiger partial charge in [-0.3, -0.25) is 9.69 Å². The van der Waals surface area contributed by atoms with Crippen LogP contribution >= 0.6 is 11.3 Å². The summed E-state index contributed by atoms with van der Waals surface area (Å²) in [5.41, 5.74) is 2.48. The molecule has 3 aromatic rings. The van der Waals surface area contributed by atoms with E-state index in [1.165, 1.54) is 36.5 Å². The van der Waals surface area contributed by atoms with Crippen molar-refractivity contribution in [2.45, 2.75) is 26.9 Å². The van der Waals surface area contributed by atoms with Crippen LogP contribution in [0.25, 0.3) is 0 Å². The monoisotopic (exact) mass is 398 g/mol. The summed E-state index contributed by atoms with van der Waals surface area (Å²) >= 11 is 1.29. The lowest BCUT2D eigenvalue weighted by Crippen LogP contribution is -2.23. The molecule has 0 aliphatic carbocycles. The lowest BCUT2D eigenvalue weighted by atomic mass is 10.1. The molecule has 0 radical (unpaired) electrons. The Morgan fingerprint density at radius 3 is 2.68 bits per heavy atom. The Morgan fingerprint density at radius 1 is 1.18 bits per heavy atom. The Balaban J connectivity index is 1.76. The molecule has 3 rings (SSSR count). The summed E-state index contributed by atoms with van der Waals surface area (Å²) in [4.78, 5) is 30.3. The smallest absolute Gasteiger partial charge is 0.338 e. The van der Waals surface area contributed by atoms with Gasteiger partial charge in [-0.15, -0.1) is 11.3 Å². The largest absolute Gasteiger partial charge is 0.456 e. The Labute approximate surface area is 166 Å². The van der Waals surface area contributed by atoms with Crippen LogP contribution in [0, 0.1) is 5.82 Å². The molecule has 0 unspecified atom stereocenters. The number of aromatic nitrogens is 1. The maximum absolute atomic E-state index is 13.2. The van der Waals surface area contributed by atoms with Crippen molar-refractivity contribution in [3.05, 3.63) is 76.5 Å². The molecule has 1 aromatic heterocycles. The van der Waals surface area contributed by atoms with Gasteiger partial charge in [-0.05, 0) is 36.2 Å².